The number of fused-ring (bicyclic) bond motifs is 1. The van der Waals surface area contributed by atoms with Gasteiger partial charge in [0, 0.05) is 23.2 Å². The first-order valence-corrected chi connectivity index (χ1v) is 9.11. The third kappa shape index (κ3) is 4.51. The Labute approximate surface area is 135 Å². The van der Waals surface area contributed by atoms with E-state index >= 15 is 0 Å². The number of ether oxygens (including phenoxy) is 1. The Morgan fingerprint density at radius 2 is 2.00 bits per heavy atom. The lowest BCUT2D eigenvalue weighted by Gasteiger charge is -2.27. The summed E-state index contributed by atoms with van der Waals surface area (Å²) in [6, 6.07) is 2.81. The number of halogens is 1. The molecule has 126 valence electrons. The molecule has 0 unspecified atom stereocenters. The van der Waals surface area contributed by atoms with E-state index in [0.717, 1.165) is 0 Å². The van der Waals surface area contributed by atoms with Crippen LogP contribution in [0, 0.1) is 5.82 Å². The highest BCUT2D eigenvalue weighted by Gasteiger charge is 2.22. The SMILES string of the molecule is COc1cc2c(NC(C)(C)CCS(C)(=O)=O)ncnc2cc1F. The minimum atomic E-state index is -3.05. The monoisotopic (exact) mass is 341 g/mol. The molecule has 0 fully saturated rings. The van der Waals surface area contributed by atoms with E-state index in [1.807, 2.05) is 13.8 Å². The molecule has 0 bridgehead atoms. The Bertz CT molecular complexity index is 822. The molecule has 0 saturated carbocycles. The zero-order chi connectivity index (χ0) is 17.3. The number of anilines is 1. The fraction of sp³-hybridized carbons (Fsp3) is 0.467. The van der Waals surface area contributed by atoms with E-state index in [1.54, 1.807) is 0 Å². The molecule has 0 aliphatic carbocycles. The maximum Gasteiger partial charge on any atom is 0.167 e. The quantitative estimate of drug-likeness (QED) is 0.869. The van der Waals surface area contributed by atoms with Crippen LogP contribution in [0.2, 0.25) is 0 Å². The average molecular weight is 341 g/mol. The number of benzene rings is 1. The normalized spacial score (nSPS) is 12.4. The van der Waals surface area contributed by atoms with Crippen molar-refractivity contribution < 1.29 is 17.5 Å². The van der Waals surface area contributed by atoms with Crippen LogP contribution in [0.15, 0.2) is 18.5 Å². The second kappa shape index (κ2) is 6.27. The molecule has 0 aliphatic heterocycles. The molecule has 0 atom stereocenters. The predicted molar refractivity (Wildman–Crippen MR) is 88.1 cm³/mol. The second-order valence-corrected chi connectivity index (χ2v) is 8.37. The molecule has 8 heteroatoms. The van der Waals surface area contributed by atoms with E-state index in [2.05, 4.69) is 15.3 Å². The van der Waals surface area contributed by atoms with Gasteiger partial charge in [0.15, 0.2) is 11.6 Å². The number of hydrogen-bond donors (Lipinski definition) is 1. The van der Waals surface area contributed by atoms with Crippen LogP contribution in [-0.4, -0.2) is 43.0 Å². The van der Waals surface area contributed by atoms with Crippen LogP contribution in [0.25, 0.3) is 10.9 Å². The van der Waals surface area contributed by atoms with Gasteiger partial charge >= 0.3 is 0 Å². The summed E-state index contributed by atoms with van der Waals surface area (Å²) in [5.74, 6) is 0.172. The minimum absolute atomic E-state index is 0.0635. The summed E-state index contributed by atoms with van der Waals surface area (Å²) >= 11 is 0. The highest BCUT2D eigenvalue weighted by atomic mass is 32.2. The van der Waals surface area contributed by atoms with Gasteiger partial charge in [0.2, 0.25) is 0 Å². The van der Waals surface area contributed by atoms with E-state index < -0.39 is 21.2 Å². The van der Waals surface area contributed by atoms with Gasteiger partial charge in [-0.3, -0.25) is 0 Å². The van der Waals surface area contributed by atoms with Crippen LogP contribution in [0.4, 0.5) is 10.2 Å². The number of nitrogens with zero attached hydrogens (tertiary/aromatic N) is 2. The fourth-order valence-electron chi connectivity index (χ4n) is 2.14. The van der Waals surface area contributed by atoms with Crippen LogP contribution in [0.3, 0.4) is 0 Å². The van der Waals surface area contributed by atoms with Crippen LogP contribution in [0.1, 0.15) is 20.3 Å². The second-order valence-electron chi connectivity index (χ2n) is 6.11. The Morgan fingerprint density at radius 1 is 1.30 bits per heavy atom. The summed E-state index contributed by atoms with van der Waals surface area (Å²) < 4.78 is 41.5. The standard InChI is InChI=1S/C15H20FN3O3S/c1-15(2,5-6-23(4,20)21)19-14-10-7-13(22-3)11(16)8-12(10)17-9-18-14/h7-9H,5-6H2,1-4H3,(H,17,18,19). The third-order valence-corrected chi connectivity index (χ3v) is 4.41. The van der Waals surface area contributed by atoms with E-state index in [0.29, 0.717) is 23.1 Å². The van der Waals surface area contributed by atoms with Gasteiger partial charge in [-0.25, -0.2) is 22.8 Å². The first kappa shape index (κ1) is 17.4. The van der Waals surface area contributed by atoms with Crippen molar-refractivity contribution in [3.8, 4) is 5.75 Å². The summed E-state index contributed by atoms with van der Waals surface area (Å²) in [6.45, 7) is 3.76. The number of methoxy groups -OCH3 is 1. The van der Waals surface area contributed by atoms with Gasteiger partial charge in [-0.1, -0.05) is 0 Å². The number of sulfone groups is 1. The van der Waals surface area contributed by atoms with Gasteiger partial charge in [0.05, 0.1) is 18.4 Å². The number of hydrogen-bond acceptors (Lipinski definition) is 6. The Balaban J connectivity index is 2.36. The molecule has 23 heavy (non-hydrogen) atoms. The summed E-state index contributed by atoms with van der Waals surface area (Å²) in [5, 5.41) is 3.82. The summed E-state index contributed by atoms with van der Waals surface area (Å²) in [6.07, 6.45) is 2.95. The van der Waals surface area contributed by atoms with Crippen molar-refractivity contribution in [2.45, 2.75) is 25.8 Å². The first-order chi connectivity index (χ1) is 10.6. The van der Waals surface area contributed by atoms with Gasteiger partial charge < -0.3 is 10.1 Å². The summed E-state index contributed by atoms with van der Waals surface area (Å²) in [7, 11) is -1.66. The molecule has 0 aliphatic rings. The zero-order valence-electron chi connectivity index (χ0n) is 13.6. The zero-order valence-corrected chi connectivity index (χ0v) is 14.4. The lowest BCUT2D eigenvalue weighted by Crippen LogP contribution is -2.33. The smallest absolute Gasteiger partial charge is 0.167 e. The molecule has 1 aromatic heterocycles. The highest BCUT2D eigenvalue weighted by molar-refractivity contribution is 7.90. The Hall–Kier alpha value is -1.96. The molecule has 0 spiro atoms. The van der Waals surface area contributed by atoms with Gasteiger partial charge in [-0.05, 0) is 26.3 Å². The molecule has 0 saturated heterocycles. The third-order valence-electron chi connectivity index (χ3n) is 3.46. The molecular weight excluding hydrogens is 321 g/mol. The van der Waals surface area contributed by atoms with E-state index in [1.165, 1.54) is 31.8 Å². The van der Waals surface area contributed by atoms with Crippen molar-refractivity contribution in [1.29, 1.82) is 0 Å². The van der Waals surface area contributed by atoms with Crippen molar-refractivity contribution >= 4 is 26.6 Å². The predicted octanol–water partition coefficient (Wildman–Crippen LogP) is 2.40. The van der Waals surface area contributed by atoms with Crippen LogP contribution >= 0.6 is 0 Å². The van der Waals surface area contributed by atoms with Crippen molar-refractivity contribution in [2.75, 3.05) is 24.4 Å². The van der Waals surface area contributed by atoms with Crippen LogP contribution < -0.4 is 10.1 Å². The molecule has 2 aromatic rings. The summed E-state index contributed by atoms with van der Waals surface area (Å²) in [5.41, 5.74) is -0.0638. The molecule has 0 amide bonds. The fourth-order valence-corrected chi connectivity index (χ4v) is 3.02. The number of aromatic nitrogens is 2. The lowest BCUT2D eigenvalue weighted by atomic mass is 10.0. The van der Waals surface area contributed by atoms with Crippen molar-refractivity contribution in [1.82, 2.24) is 9.97 Å². The topological polar surface area (TPSA) is 81.2 Å². The van der Waals surface area contributed by atoms with Crippen LogP contribution in [0.5, 0.6) is 5.75 Å². The molecule has 1 aromatic carbocycles. The molecule has 6 nitrogen and oxygen atoms in total. The molecule has 0 radical (unpaired) electrons. The molecule has 1 N–H and O–H groups in total. The van der Waals surface area contributed by atoms with Crippen LogP contribution in [-0.2, 0) is 9.84 Å². The highest BCUT2D eigenvalue weighted by Crippen LogP contribution is 2.29. The van der Waals surface area contributed by atoms with E-state index in [-0.39, 0.29) is 11.5 Å². The Morgan fingerprint density at radius 3 is 2.61 bits per heavy atom. The van der Waals surface area contributed by atoms with Crippen molar-refractivity contribution in [3.05, 3.63) is 24.3 Å². The Kier molecular flexibility index (Phi) is 4.74. The molecule has 2 rings (SSSR count). The van der Waals surface area contributed by atoms with Crippen molar-refractivity contribution in [2.24, 2.45) is 0 Å². The lowest BCUT2D eigenvalue weighted by molar-refractivity contribution is 0.387. The molecule has 1 heterocycles. The molecular formula is C15H20FN3O3S. The maximum absolute atomic E-state index is 13.8. The van der Waals surface area contributed by atoms with Gasteiger partial charge in [-0.15, -0.1) is 0 Å². The van der Waals surface area contributed by atoms with Gasteiger partial charge in [0.25, 0.3) is 0 Å². The van der Waals surface area contributed by atoms with E-state index in [9.17, 15) is 12.8 Å². The maximum atomic E-state index is 13.8. The van der Waals surface area contributed by atoms with Crippen molar-refractivity contribution in [3.63, 3.8) is 0 Å². The summed E-state index contributed by atoms with van der Waals surface area (Å²) in [4.78, 5) is 8.24. The average Bonchev–Trinajstić information content (AvgIpc) is 2.44. The largest absolute Gasteiger partial charge is 0.494 e. The first-order valence-electron chi connectivity index (χ1n) is 7.05. The number of nitrogens with one attached hydrogen (secondary N) is 1. The minimum Gasteiger partial charge on any atom is -0.494 e. The number of rotatable bonds is 6. The van der Waals surface area contributed by atoms with Gasteiger partial charge in [-0.2, -0.15) is 0 Å². The van der Waals surface area contributed by atoms with Gasteiger partial charge in [0.1, 0.15) is 22.0 Å². The van der Waals surface area contributed by atoms with E-state index in [4.69, 9.17) is 4.74 Å².